The number of rotatable bonds is 4. The second kappa shape index (κ2) is 6.76. The van der Waals surface area contributed by atoms with E-state index in [1.807, 2.05) is 19.1 Å². The van der Waals surface area contributed by atoms with Crippen molar-refractivity contribution >= 4 is 23.3 Å². The number of carbonyl (C=O) groups excluding carboxylic acids is 2. The average Bonchev–Trinajstić information content (AvgIpc) is 2.49. The largest absolute Gasteiger partial charge is 0.449 e. The van der Waals surface area contributed by atoms with Gasteiger partial charge in [0.15, 0.2) is 6.10 Å². The van der Waals surface area contributed by atoms with Crippen molar-refractivity contribution in [3.8, 4) is 0 Å². The summed E-state index contributed by atoms with van der Waals surface area (Å²) in [5.41, 5.74) is 8.14. The van der Waals surface area contributed by atoms with Crippen LogP contribution in [-0.4, -0.2) is 18.0 Å². The highest BCUT2D eigenvalue weighted by Crippen LogP contribution is 2.12. The maximum absolute atomic E-state index is 12.0. The van der Waals surface area contributed by atoms with Gasteiger partial charge in [-0.3, -0.25) is 4.79 Å². The lowest BCUT2D eigenvalue weighted by molar-refractivity contribution is -0.123. The first kappa shape index (κ1) is 15.6. The normalized spacial score (nSPS) is 11.5. The molecule has 5 heteroatoms. The molecule has 2 aromatic carbocycles. The Kier molecular flexibility index (Phi) is 4.78. The molecule has 22 heavy (non-hydrogen) atoms. The summed E-state index contributed by atoms with van der Waals surface area (Å²) in [5.74, 6) is -0.972. The van der Waals surface area contributed by atoms with Gasteiger partial charge in [-0.25, -0.2) is 4.79 Å². The Morgan fingerprint density at radius 1 is 1.14 bits per heavy atom. The van der Waals surface area contributed by atoms with Crippen molar-refractivity contribution in [3.05, 3.63) is 59.7 Å². The topological polar surface area (TPSA) is 81.4 Å². The molecule has 0 aromatic heterocycles. The first-order valence-corrected chi connectivity index (χ1v) is 6.90. The van der Waals surface area contributed by atoms with Crippen LogP contribution in [0.5, 0.6) is 0 Å². The zero-order valence-electron chi connectivity index (χ0n) is 12.5. The number of hydrogen-bond acceptors (Lipinski definition) is 4. The molecule has 0 aliphatic rings. The van der Waals surface area contributed by atoms with Crippen LogP contribution in [0, 0.1) is 6.92 Å². The molecule has 1 atom stereocenters. The molecule has 0 spiro atoms. The molecule has 0 aliphatic carbocycles. The number of esters is 1. The van der Waals surface area contributed by atoms with E-state index in [4.69, 9.17) is 10.5 Å². The zero-order valence-corrected chi connectivity index (χ0v) is 12.5. The number of benzene rings is 2. The Morgan fingerprint density at radius 2 is 1.82 bits per heavy atom. The fourth-order valence-electron chi connectivity index (χ4n) is 1.83. The zero-order chi connectivity index (χ0) is 16.1. The van der Waals surface area contributed by atoms with Gasteiger partial charge in [-0.1, -0.05) is 23.8 Å². The number of nitrogens with one attached hydrogen (secondary N) is 1. The standard InChI is InChI=1S/C17H18N2O3/c1-11-6-8-15(9-7-11)19-16(20)12(2)22-17(21)13-4-3-5-14(18)10-13/h3-10,12H,18H2,1-2H3,(H,19,20). The molecule has 1 unspecified atom stereocenters. The molecule has 2 rings (SSSR count). The van der Waals surface area contributed by atoms with Gasteiger partial charge in [0.05, 0.1) is 5.56 Å². The third-order valence-electron chi connectivity index (χ3n) is 3.09. The second-order valence-corrected chi connectivity index (χ2v) is 5.03. The molecular weight excluding hydrogens is 280 g/mol. The molecule has 1 amide bonds. The maximum atomic E-state index is 12.0. The highest BCUT2D eigenvalue weighted by molar-refractivity contribution is 5.97. The number of anilines is 2. The summed E-state index contributed by atoms with van der Waals surface area (Å²) < 4.78 is 5.14. The van der Waals surface area contributed by atoms with E-state index >= 15 is 0 Å². The van der Waals surface area contributed by atoms with Crippen LogP contribution >= 0.6 is 0 Å². The third-order valence-corrected chi connectivity index (χ3v) is 3.09. The van der Waals surface area contributed by atoms with E-state index in [1.54, 1.807) is 30.3 Å². The summed E-state index contributed by atoms with van der Waals surface area (Å²) >= 11 is 0. The Morgan fingerprint density at radius 3 is 2.45 bits per heavy atom. The number of aryl methyl sites for hydroxylation is 1. The van der Waals surface area contributed by atoms with Gasteiger partial charge in [-0.05, 0) is 44.2 Å². The summed E-state index contributed by atoms with van der Waals surface area (Å²) in [6, 6.07) is 13.8. The Bertz CT molecular complexity index is 681. The summed E-state index contributed by atoms with van der Waals surface area (Å²) in [5, 5.41) is 2.70. The smallest absolute Gasteiger partial charge is 0.338 e. The highest BCUT2D eigenvalue weighted by atomic mass is 16.5. The second-order valence-electron chi connectivity index (χ2n) is 5.03. The average molecular weight is 298 g/mol. The Balaban J connectivity index is 1.96. The Hall–Kier alpha value is -2.82. The molecule has 0 saturated heterocycles. The molecule has 2 aromatic rings. The van der Waals surface area contributed by atoms with Crippen molar-refractivity contribution in [2.24, 2.45) is 0 Å². The van der Waals surface area contributed by atoms with E-state index in [-0.39, 0.29) is 5.91 Å². The number of hydrogen-bond donors (Lipinski definition) is 2. The van der Waals surface area contributed by atoms with Crippen molar-refractivity contribution in [3.63, 3.8) is 0 Å². The molecule has 0 fully saturated rings. The van der Waals surface area contributed by atoms with Gasteiger partial charge in [0.2, 0.25) is 0 Å². The molecule has 114 valence electrons. The van der Waals surface area contributed by atoms with Crippen LogP contribution in [-0.2, 0) is 9.53 Å². The van der Waals surface area contributed by atoms with E-state index in [2.05, 4.69) is 5.32 Å². The lowest BCUT2D eigenvalue weighted by atomic mass is 10.2. The lowest BCUT2D eigenvalue weighted by Crippen LogP contribution is -2.30. The van der Waals surface area contributed by atoms with E-state index in [1.165, 1.54) is 13.0 Å². The van der Waals surface area contributed by atoms with Gasteiger partial charge in [-0.15, -0.1) is 0 Å². The van der Waals surface area contributed by atoms with Crippen molar-refractivity contribution in [2.75, 3.05) is 11.1 Å². The molecule has 3 N–H and O–H groups in total. The summed E-state index contributed by atoms with van der Waals surface area (Å²) in [7, 11) is 0. The van der Waals surface area contributed by atoms with Gasteiger partial charge in [-0.2, -0.15) is 0 Å². The van der Waals surface area contributed by atoms with Crippen molar-refractivity contribution in [1.29, 1.82) is 0 Å². The predicted octanol–water partition coefficient (Wildman–Crippen LogP) is 2.76. The number of amides is 1. The van der Waals surface area contributed by atoms with Gasteiger partial charge in [0.25, 0.3) is 5.91 Å². The summed E-state index contributed by atoms with van der Waals surface area (Å²) in [6.45, 7) is 3.48. The fraction of sp³-hybridized carbons (Fsp3) is 0.176. The highest BCUT2D eigenvalue weighted by Gasteiger charge is 2.19. The number of carbonyl (C=O) groups is 2. The first-order chi connectivity index (χ1) is 10.5. The third kappa shape index (κ3) is 4.09. The molecule has 0 saturated carbocycles. The number of ether oxygens (including phenoxy) is 1. The quantitative estimate of drug-likeness (QED) is 0.671. The van der Waals surface area contributed by atoms with Crippen LogP contribution < -0.4 is 11.1 Å². The molecule has 5 nitrogen and oxygen atoms in total. The van der Waals surface area contributed by atoms with Crippen LogP contribution in [0.1, 0.15) is 22.8 Å². The minimum Gasteiger partial charge on any atom is -0.449 e. The minimum atomic E-state index is -0.907. The number of nitrogens with two attached hydrogens (primary N) is 1. The molecule has 0 radical (unpaired) electrons. The first-order valence-electron chi connectivity index (χ1n) is 6.90. The summed E-state index contributed by atoms with van der Waals surface area (Å²) in [6.07, 6.45) is -0.907. The monoisotopic (exact) mass is 298 g/mol. The fourth-order valence-corrected chi connectivity index (χ4v) is 1.83. The van der Waals surface area contributed by atoms with Crippen LogP contribution in [0.15, 0.2) is 48.5 Å². The van der Waals surface area contributed by atoms with Crippen molar-refractivity contribution in [2.45, 2.75) is 20.0 Å². The predicted molar refractivity (Wildman–Crippen MR) is 85.5 cm³/mol. The van der Waals surface area contributed by atoms with Crippen molar-refractivity contribution in [1.82, 2.24) is 0 Å². The van der Waals surface area contributed by atoms with E-state index in [0.29, 0.717) is 16.9 Å². The molecule has 0 aliphatic heterocycles. The maximum Gasteiger partial charge on any atom is 0.338 e. The Labute approximate surface area is 129 Å². The van der Waals surface area contributed by atoms with Gasteiger partial charge >= 0.3 is 5.97 Å². The van der Waals surface area contributed by atoms with Gasteiger partial charge in [0.1, 0.15) is 0 Å². The van der Waals surface area contributed by atoms with Crippen molar-refractivity contribution < 1.29 is 14.3 Å². The van der Waals surface area contributed by atoms with E-state index in [9.17, 15) is 9.59 Å². The van der Waals surface area contributed by atoms with E-state index in [0.717, 1.165) is 5.56 Å². The lowest BCUT2D eigenvalue weighted by Gasteiger charge is -2.13. The molecular formula is C17H18N2O3. The SMILES string of the molecule is Cc1ccc(NC(=O)C(C)OC(=O)c2cccc(N)c2)cc1. The molecule has 0 bridgehead atoms. The van der Waals surface area contributed by atoms with Gasteiger partial charge < -0.3 is 15.8 Å². The summed E-state index contributed by atoms with van der Waals surface area (Å²) in [4.78, 5) is 24.0. The van der Waals surface area contributed by atoms with Crippen LogP contribution in [0.2, 0.25) is 0 Å². The minimum absolute atomic E-state index is 0.315. The van der Waals surface area contributed by atoms with Gasteiger partial charge in [0, 0.05) is 11.4 Å². The van der Waals surface area contributed by atoms with Crippen LogP contribution in [0.3, 0.4) is 0 Å². The van der Waals surface area contributed by atoms with Crippen LogP contribution in [0.25, 0.3) is 0 Å². The molecule has 0 heterocycles. The number of nitrogen functional groups attached to an aromatic ring is 1. The van der Waals surface area contributed by atoms with E-state index < -0.39 is 12.1 Å². The van der Waals surface area contributed by atoms with Crippen LogP contribution in [0.4, 0.5) is 11.4 Å².